The molecule has 0 aliphatic heterocycles. The van der Waals surface area contributed by atoms with Gasteiger partial charge in [0.1, 0.15) is 0 Å². The Morgan fingerprint density at radius 2 is 2.29 bits per heavy atom. The topological polar surface area (TPSA) is 51.0 Å². The van der Waals surface area contributed by atoms with Crippen LogP contribution in [0.4, 0.5) is 0 Å². The van der Waals surface area contributed by atoms with Crippen molar-refractivity contribution < 1.29 is 4.52 Å². The van der Waals surface area contributed by atoms with Crippen LogP contribution in [0, 0.1) is 5.92 Å². The summed E-state index contributed by atoms with van der Waals surface area (Å²) < 4.78 is 6.52. The molecule has 2 heterocycles. The van der Waals surface area contributed by atoms with Crippen molar-refractivity contribution in [3.63, 3.8) is 0 Å². The molecule has 2 unspecified atom stereocenters. The Bertz CT molecular complexity index is 581. The Balaban J connectivity index is 1.68. The Hall–Kier alpha value is -0.720. The molecule has 4 nitrogen and oxygen atoms in total. The van der Waals surface area contributed by atoms with Crippen molar-refractivity contribution in [2.24, 2.45) is 5.92 Å². The number of rotatable bonds is 5. The molecule has 0 radical (unpaired) electrons. The molecule has 0 aromatic carbocycles. The molecule has 0 bridgehead atoms. The van der Waals surface area contributed by atoms with Crippen LogP contribution in [0.3, 0.4) is 0 Å². The predicted molar refractivity (Wildman–Crippen MR) is 88.4 cm³/mol. The second-order valence-electron chi connectivity index (χ2n) is 5.55. The maximum Gasteiger partial charge on any atom is 0.227 e. The van der Waals surface area contributed by atoms with Crippen LogP contribution < -0.4 is 5.32 Å². The third-order valence-corrected chi connectivity index (χ3v) is 5.76. The van der Waals surface area contributed by atoms with Gasteiger partial charge in [-0.15, -0.1) is 11.3 Å². The molecule has 21 heavy (non-hydrogen) atoms. The average molecular weight is 370 g/mol. The highest BCUT2D eigenvalue weighted by atomic mass is 79.9. The molecule has 0 saturated heterocycles. The fourth-order valence-corrected chi connectivity index (χ4v) is 4.43. The monoisotopic (exact) mass is 369 g/mol. The lowest BCUT2D eigenvalue weighted by Gasteiger charge is -2.31. The van der Waals surface area contributed by atoms with Crippen molar-refractivity contribution in [1.29, 1.82) is 0 Å². The number of hydrogen-bond donors (Lipinski definition) is 1. The van der Waals surface area contributed by atoms with E-state index in [1.54, 1.807) is 11.3 Å². The van der Waals surface area contributed by atoms with Gasteiger partial charge in [-0.2, -0.15) is 4.98 Å². The van der Waals surface area contributed by atoms with Crippen molar-refractivity contribution in [3.05, 3.63) is 21.8 Å². The van der Waals surface area contributed by atoms with Gasteiger partial charge in [0, 0.05) is 22.3 Å². The molecule has 114 valence electrons. The van der Waals surface area contributed by atoms with Gasteiger partial charge >= 0.3 is 0 Å². The smallest absolute Gasteiger partial charge is 0.227 e. The Morgan fingerprint density at radius 3 is 3.05 bits per heavy atom. The van der Waals surface area contributed by atoms with Crippen LogP contribution in [0.15, 0.2) is 20.4 Å². The number of nitrogens with zero attached hydrogens (tertiary/aromatic N) is 2. The highest BCUT2D eigenvalue weighted by Crippen LogP contribution is 2.30. The van der Waals surface area contributed by atoms with Crippen LogP contribution in [-0.4, -0.2) is 22.7 Å². The Kier molecular flexibility index (Phi) is 5.08. The summed E-state index contributed by atoms with van der Waals surface area (Å²) in [4.78, 5) is 5.61. The minimum atomic E-state index is 0.593. The molecule has 1 aliphatic carbocycles. The Morgan fingerprint density at radius 1 is 1.43 bits per heavy atom. The van der Waals surface area contributed by atoms with E-state index in [4.69, 9.17) is 4.52 Å². The molecule has 1 aliphatic rings. The number of aromatic nitrogens is 2. The number of halogens is 1. The van der Waals surface area contributed by atoms with Crippen LogP contribution in [-0.2, 0) is 6.42 Å². The average Bonchev–Trinajstić information content (AvgIpc) is 3.10. The number of nitrogens with one attached hydrogen (secondary N) is 1. The van der Waals surface area contributed by atoms with Crippen molar-refractivity contribution in [2.75, 3.05) is 6.54 Å². The molecular formula is C15H20BrN3OS. The molecule has 1 saturated carbocycles. The summed E-state index contributed by atoms with van der Waals surface area (Å²) in [5.41, 5.74) is 0. The molecule has 0 spiro atoms. The molecule has 1 N–H and O–H groups in total. The lowest BCUT2D eigenvalue weighted by atomic mass is 9.82. The van der Waals surface area contributed by atoms with Gasteiger partial charge in [0.15, 0.2) is 0 Å². The molecule has 3 rings (SSSR count). The summed E-state index contributed by atoms with van der Waals surface area (Å²) in [6.45, 7) is 3.20. The van der Waals surface area contributed by atoms with E-state index in [0.29, 0.717) is 17.8 Å². The van der Waals surface area contributed by atoms with Crippen molar-refractivity contribution >= 4 is 27.3 Å². The first-order chi connectivity index (χ1) is 10.3. The van der Waals surface area contributed by atoms with E-state index in [-0.39, 0.29) is 0 Å². The normalized spacial score (nSPS) is 22.6. The lowest BCUT2D eigenvalue weighted by molar-refractivity contribution is 0.242. The summed E-state index contributed by atoms with van der Waals surface area (Å²) in [5, 5.41) is 9.76. The van der Waals surface area contributed by atoms with Crippen LogP contribution in [0.25, 0.3) is 10.7 Å². The predicted octanol–water partition coefficient (Wildman–Crippen LogP) is 4.27. The third kappa shape index (κ3) is 3.73. The summed E-state index contributed by atoms with van der Waals surface area (Å²) in [5.74, 6) is 2.09. The maximum atomic E-state index is 5.46. The zero-order valence-corrected chi connectivity index (χ0v) is 14.5. The summed E-state index contributed by atoms with van der Waals surface area (Å²) in [6, 6.07) is 2.62. The molecule has 2 atom stereocenters. The van der Waals surface area contributed by atoms with E-state index in [1.807, 2.05) is 11.4 Å². The van der Waals surface area contributed by atoms with Crippen LogP contribution in [0.5, 0.6) is 0 Å². The van der Waals surface area contributed by atoms with Crippen LogP contribution in [0.2, 0.25) is 0 Å². The quantitative estimate of drug-likeness (QED) is 0.854. The maximum absolute atomic E-state index is 5.46. The van der Waals surface area contributed by atoms with Gasteiger partial charge in [-0.05, 0) is 47.3 Å². The second kappa shape index (κ2) is 7.03. The molecule has 6 heteroatoms. The van der Waals surface area contributed by atoms with E-state index in [0.717, 1.165) is 28.2 Å². The largest absolute Gasteiger partial charge is 0.339 e. The Labute approximate surface area is 137 Å². The number of thiophene rings is 1. The lowest BCUT2D eigenvalue weighted by Crippen LogP contribution is -2.39. The van der Waals surface area contributed by atoms with Gasteiger partial charge in [0.2, 0.25) is 11.7 Å². The van der Waals surface area contributed by atoms with E-state index in [9.17, 15) is 0 Å². The highest BCUT2D eigenvalue weighted by Gasteiger charge is 2.26. The third-order valence-electron chi connectivity index (χ3n) is 4.07. The minimum absolute atomic E-state index is 0.593. The molecule has 2 aromatic rings. The van der Waals surface area contributed by atoms with Gasteiger partial charge in [-0.25, -0.2) is 0 Å². The number of hydrogen-bond acceptors (Lipinski definition) is 5. The molecular weight excluding hydrogens is 350 g/mol. The summed E-state index contributed by atoms with van der Waals surface area (Å²) >= 11 is 5.08. The summed E-state index contributed by atoms with van der Waals surface area (Å²) in [6.07, 6.45) is 6.03. The van der Waals surface area contributed by atoms with Gasteiger partial charge in [-0.1, -0.05) is 24.9 Å². The molecule has 1 fully saturated rings. The van der Waals surface area contributed by atoms with Gasteiger partial charge in [0.05, 0.1) is 4.88 Å². The summed E-state index contributed by atoms with van der Waals surface area (Å²) in [7, 11) is 0. The molecule has 2 aromatic heterocycles. The highest BCUT2D eigenvalue weighted by molar-refractivity contribution is 9.10. The SMILES string of the molecule is CCNC1CCCCC1Cc1nc(-c2cc(Br)cs2)no1. The van der Waals surface area contributed by atoms with Gasteiger partial charge < -0.3 is 9.84 Å². The minimum Gasteiger partial charge on any atom is -0.339 e. The van der Waals surface area contributed by atoms with E-state index in [2.05, 4.69) is 38.3 Å². The van der Waals surface area contributed by atoms with E-state index in [1.165, 1.54) is 25.7 Å². The first-order valence-corrected chi connectivity index (χ1v) is 9.24. The van der Waals surface area contributed by atoms with E-state index >= 15 is 0 Å². The van der Waals surface area contributed by atoms with Crippen molar-refractivity contribution in [3.8, 4) is 10.7 Å². The fraction of sp³-hybridized carbons (Fsp3) is 0.600. The zero-order valence-electron chi connectivity index (χ0n) is 12.1. The zero-order chi connectivity index (χ0) is 14.7. The van der Waals surface area contributed by atoms with Gasteiger partial charge in [0.25, 0.3) is 0 Å². The molecule has 0 amide bonds. The second-order valence-corrected chi connectivity index (χ2v) is 7.38. The van der Waals surface area contributed by atoms with Crippen LogP contribution >= 0.6 is 27.3 Å². The van der Waals surface area contributed by atoms with Crippen molar-refractivity contribution in [1.82, 2.24) is 15.5 Å². The first kappa shape index (κ1) is 15.2. The van der Waals surface area contributed by atoms with E-state index < -0.39 is 0 Å². The van der Waals surface area contributed by atoms with Crippen molar-refractivity contribution in [2.45, 2.75) is 45.1 Å². The first-order valence-electron chi connectivity index (χ1n) is 7.56. The standard InChI is InChI=1S/C15H20BrN3OS/c1-2-17-12-6-4-3-5-10(12)7-14-18-15(19-20-14)13-8-11(16)9-21-13/h8-10,12,17H,2-7H2,1H3. The fourth-order valence-electron chi connectivity index (χ4n) is 3.08. The van der Waals surface area contributed by atoms with Crippen LogP contribution in [0.1, 0.15) is 38.5 Å². The van der Waals surface area contributed by atoms with Gasteiger partial charge in [-0.3, -0.25) is 0 Å².